The number of aryl methyl sites for hydroxylation is 1. The third-order valence-electron chi connectivity index (χ3n) is 4.03. The predicted octanol–water partition coefficient (Wildman–Crippen LogP) is 3.44. The molecule has 10 heteroatoms. The van der Waals surface area contributed by atoms with Gasteiger partial charge in [0, 0.05) is 29.1 Å². The normalized spacial score (nSPS) is 11.5. The second kappa shape index (κ2) is 8.59. The van der Waals surface area contributed by atoms with E-state index >= 15 is 0 Å². The van der Waals surface area contributed by atoms with E-state index in [2.05, 4.69) is 21.6 Å². The Bertz CT molecular complexity index is 1200. The molecule has 0 amide bonds. The third-order valence-corrected chi connectivity index (χ3v) is 4.69. The molecule has 29 heavy (non-hydrogen) atoms. The van der Waals surface area contributed by atoms with Gasteiger partial charge in [0.05, 0.1) is 22.4 Å². The molecule has 1 unspecified atom stereocenters. The Morgan fingerprint density at radius 1 is 1.28 bits per heavy atom. The van der Waals surface area contributed by atoms with E-state index in [1.807, 2.05) is 19.3 Å². The maximum absolute atomic E-state index is 11.0. The highest BCUT2D eigenvalue weighted by molar-refractivity contribution is 7.79. The van der Waals surface area contributed by atoms with E-state index in [0.29, 0.717) is 21.5 Å². The van der Waals surface area contributed by atoms with Crippen LogP contribution in [0.5, 0.6) is 0 Å². The summed E-state index contributed by atoms with van der Waals surface area (Å²) in [5.41, 5.74) is 2.70. The molecule has 4 rings (SSSR count). The minimum atomic E-state index is -2.08. The standard InChI is InChI=1S/C13H11N5O2.C6H6O2S/c1-3-9-10-4-11(8-5-15-17(2)7-8)16-13(10)14-6-12(9)18(19)20;7-9(8)6-4-2-1-3-5-6/h3-7H,1H2,2H3,(H,14,16);1-5H,(H,7,8)/p-1. The van der Waals surface area contributed by atoms with Crippen LogP contribution in [0, 0.1) is 10.1 Å². The molecule has 0 aliphatic carbocycles. The molecule has 1 atom stereocenters. The Hall–Kier alpha value is -3.63. The highest BCUT2D eigenvalue weighted by Crippen LogP contribution is 2.30. The van der Waals surface area contributed by atoms with Crippen LogP contribution in [0.3, 0.4) is 0 Å². The van der Waals surface area contributed by atoms with E-state index in [1.54, 1.807) is 41.2 Å². The van der Waals surface area contributed by atoms with E-state index in [1.165, 1.54) is 12.3 Å². The van der Waals surface area contributed by atoms with Crippen molar-refractivity contribution in [1.29, 1.82) is 0 Å². The second-order valence-electron chi connectivity index (χ2n) is 5.91. The van der Waals surface area contributed by atoms with Crippen molar-refractivity contribution < 1.29 is 13.7 Å². The molecule has 3 aromatic heterocycles. The van der Waals surface area contributed by atoms with Gasteiger partial charge in [0.1, 0.15) is 11.8 Å². The summed E-state index contributed by atoms with van der Waals surface area (Å²) in [6, 6.07) is 10.1. The van der Waals surface area contributed by atoms with Crippen molar-refractivity contribution in [2.24, 2.45) is 7.05 Å². The maximum atomic E-state index is 11.0. The largest absolute Gasteiger partial charge is 0.768 e. The summed E-state index contributed by atoms with van der Waals surface area (Å²) in [7, 11) is 1.82. The predicted molar refractivity (Wildman–Crippen MR) is 109 cm³/mol. The zero-order valence-electron chi connectivity index (χ0n) is 15.3. The summed E-state index contributed by atoms with van der Waals surface area (Å²) in [6.45, 7) is 3.65. The van der Waals surface area contributed by atoms with Crippen LogP contribution in [0.1, 0.15) is 5.56 Å². The molecule has 0 saturated carbocycles. The lowest BCUT2D eigenvalue weighted by molar-refractivity contribution is -0.385. The lowest BCUT2D eigenvalue weighted by Crippen LogP contribution is -1.93. The smallest absolute Gasteiger partial charge is 0.295 e. The summed E-state index contributed by atoms with van der Waals surface area (Å²) >= 11 is -2.08. The summed E-state index contributed by atoms with van der Waals surface area (Å²) in [6.07, 6.45) is 6.28. The summed E-state index contributed by atoms with van der Waals surface area (Å²) in [5, 5.41) is 15.8. The highest BCUT2D eigenvalue weighted by Gasteiger charge is 2.17. The van der Waals surface area contributed by atoms with Crippen LogP contribution in [-0.4, -0.2) is 33.4 Å². The molecular weight excluding hydrogens is 394 g/mol. The highest BCUT2D eigenvalue weighted by atomic mass is 32.2. The van der Waals surface area contributed by atoms with Gasteiger partial charge in [-0.15, -0.1) is 0 Å². The molecule has 0 saturated heterocycles. The van der Waals surface area contributed by atoms with Crippen molar-refractivity contribution in [1.82, 2.24) is 19.7 Å². The van der Waals surface area contributed by atoms with Crippen LogP contribution < -0.4 is 0 Å². The van der Waals surface area contributed by atoms with E-state index < -0.39 is 16.0 Å². The average Bonchev–Trinajstić information content (AvgIpc) is 3.34. The molecule has 4 aromatic rings. The number of hydrogen-bond acceptors (Lipinski definition) is 6. The van der Waals surface area contributed by atoms with Gasteiger partial charge in [-0.1, -0.05) is 30.9 Å². The van der Waals surface area contributed by atoms with Gasteiger partial charge in [-0.05, 0) is 29.3 Å². The summed E-state index contributed by atoms with van der Waals surface area (Å²) in [5.74, 6) is 0. The van der Waals surface area contributed by atoms with Gasteiger partial charge in [0.25, 0.3) is 5.69 Å². The van der Waals surface area contributed by atoms with Crippen LogP contribution in [-0.2, 0) is 18.1 Å². The summed E-state index contributed by atoms with van der Waals surface area (Å²) in [4.78, 5) is 18.1. The molecule has 0 aliphatic rings. The number of hydrogen-bond donors (Lipinski definition) is 1. The number of nitro groups is 1. The SMILES string of the molecule is C=Cc1c([N+](=O)[O-])cnc2[nH]c(-c3cnn(C)c3)cc12.O=S([O-])c1ccccc1. The van der Waals surface area contributed by atoms with Crippen LogP contribution in [0.4, 0.5) is 5.69 Å². The number of aromatic nitrogens is 4. The minimum absolute atomic E-state index is 0.0516. The van der Waals surface area contributed by atoms with E-state index in [9.17, 15) is 18.9 Å². The van der Waals surface area contributed by atoms with Crippen molar-refractivity contribution in [3.05, 3.63) is 77.2 Å². The maximum Gasteiger partial charge on any atom is 0.295 e. The topological polar surface area (TPSA) is 130 Å². The lowest BCUT2D eigenvalue weighted by Gasteiger charge is -2.01. The Balaban J connectivity index is 0.000000224. The van der Waals surface area contributed by atoms with Gasteiger partial charge < -0.3 is 9.54 Å². The number of fused-ring (bicyclic) bond motifs is 1. The number of aromatic amines is 1. The third kappa shape index (κ3) is 4.45. The van der Waals surface area contributed by atoms with Crippen molar-refractivity contribution >= 4 is 33.9 Å². The second-order valence-corrected chi connectivity index (χ2v) is 6.85. The van der Waals surface area contributed by atoms with E-state index in [4.69, 9.17) is 0 Å². The Labute approximate surface area is 168 Å². The van der Waals surface area contributed by atoms with Crippen LogP contribution in [0.2, 0.25) is 0 Å². The first kappa shape index (κ1) is 20.1. The van der Waals surface area contributed by atoms with Crippen molar-refractivity contribution in [2.45, 2.75) is 4.90 Å². The van der Waals surface area contributed by atoms with E-state index in [0.717, 1.165) is 11.3 Å². The number of H-pyrrole nitrogens is 1. The molecule has 3 heterocycles. The number of nitrogens with zero attached hydrogens (tertiary/aromatic N) is 4. The Morgan fingerprint density at radius 2 is 2.00 bits per heavy atom. The van der Waals surface area contributed by atoms with Crippen LogP contribution in [0.25, 0.3) is 28.4 Å². The zero-order valence-corrected chi connectivity index (χ0v) is 16.1. The first-order valence-corrected chi connectivity index (χ1v) is 9.40. The molecule has 1 aromatic carbocycles. The molecule has 0 spiro atoms. The van der Waals surface area contributed by atoms with Gasteiger partial charge in [-0.25, -0.2) is 4.98 Å². The van der Waals surface area contributed by atoms with Crippen LogP contribution in [0.15, 0.2) is 66.5 Å². The van der Waals surface area contributed by atoms with Crippen molar-refractivity contribution in [2.75, 3.05) is 0 Å². The summed E-state index contributed by atoms with van der Waals surface area (Å²) < 4.78 is 22.1. The molecule has 0 radical (unpaired) electrons. The quantitative estimate of drug-likeness (QED) is 0.312. The molecule has 0 fully saturated rings. The lowest BCUT2D eigenvalue weighted by atomic mass is 10.1. The molecule has 0 bridgehead atoms. The fourth-order valence-corrected chi connectivity index (χ4v) is 3.07. The van der Waals surface area contributed by atoms with Gasteiger partial charge in [0.15, 0.2) is 0 Å². The molecular formula is C19H16N5O4S-. The van der Waals surface area contributed by atoms with Gasteiger partial charge in [0.2, 0.25) is 0 Å². The number of benzene rings is 1. The fraction of sp³-hybridized carbons (Fsp3) is 0.0526. The number of pyridine rings is 1. The number of nitrogens with one attached hydrogen (secondary N) is 1. The number of rotatable bonds is 4. The van der Waals surface area contributed by atoms with Crippen molar-refractivity contribution in [3.8, 4) is 11.3 Å². The molecule has 9 nitrogen and oxygen atoms in total. The van der Waals surface area contributed by atoms with Gasteiger partial charge >= 0.3 is 0 Å². The monoisotopic (exact) mass is 410 g/mol. The first-order valence-electron chi connectivity index (χ1n) is 8.32. The van der Waals surface area contributed by atoms with Gasteiger partial charge in [-0.2, -0.15) is 5.10 Å². The molecule has 0 aliphatic heterocycles. The molecule has 1 N–H and O–H groups in total. The zero-order chi connectivity index (χ0) is 21.0. The van der Waals surface area contributed by atoms with Gasteiger partial charge in [-0.3, -0.25) is 19.0 Å². The van der Waals surface area contributed by atoms with E-state index in [-0.39, 0.29) is 5.69 Å². The first-order chi connectivity index (χ1) is 13.9. The van der Waals surface area contributed by atoms with Crippen molar-refractivity contribution in [3.63, 3.8) is 0 Å². The minimum Gasteiger partial charge on any atom is -0.768 e. The van der Waals surface area contributed by atoms with Crippen LogP contribution >= 0.6 is 0 Å². The average molecular weight is 410 g/mol. The fourth-order valence-electron chi connectivity index (χ4n) is 2.69. The Morgan fingerprint density at radius 3 is 2.52 bits per heavy atom. The molecule has 148 valence electrons. The Kier molecular flexibility index (Phi) is 5.96.